The predicted octanol–water partition coefficient (Wildman–Crippen LogP) is -0.907. The van der Waals surface area contributed by atoms with Gasteiger partial charge in [-0.05, 0) is 12.8 Å². The van der Waals surface area contributed by atoms with Crippen molar-refractivity contribution in [2.24, 2.45) is 11.7 Å². The molecular weight excluding hydrogens is 158 g/mol. The molecule has 1 heterocycles. The van der Waals surface area contributed by atoms with Crippen molar-refractivity contribution in [1.82, 2.24) is 0 Å². The first kappa shape index (κ1) is 9.92. The summed E-state index contributed by atoms with van der Waals surface area (Å²) in [4.78, 5) is 0. The van der Waals surface area contributed by atoms with E-state index in [-0.39, 0.29) is 12.5 Å². The fourth-order valence-electron chi connectivity index (χ4n) is 1.49. The molecule has 1 aliphatic heterocycles. The zero-order valence-corrected chi connectivity index (χ0v) is 7.15. The Morgan fingerprint density at radius 2 is 2.33 bits per heavy atom. The topological polar surface area (TPSA) is 75.7 Å². The van der Waals surface area contributed by atoms with E-state index in [1.807, 2.05) is 0 Å². The van der Waals surface area contributed by atoms with Crippen molar-refractivity contribution in [2.75, 3.05) is 19.8 Å². The van der Waals surface area contributed by atoms with Crippen molar-refractivity contribution >= 4 is 0 Å². The molecule has 4 heteroatoms. The van der Waals surface area contributed by atoms with Gasteiger partial charge in [0.25, 0.3) is 0 Å². The lowest BCUT2D eigenvalue weighted by molar-refractivity contribution is -0.0251. The van der Waals surface area contributed by atoms with Crippen LogP contribution in [0.15, 0.2) is 0 Å². The van der Waals surface area contributed by atoms with E-state index >= 15 is 0 Å². The highest BCUT2D eigenvalue weighted by Gasteiger charge is 2.26. The van der Waals surface area contributed by atoms with Crippen molar-refractivity contribution in [3.8, 4) is 0 Å². The maximum atomic E-state index is 9.58. The van der Waals surface area contributed by atoms with Crippen LogP contribution in [0, 0.1) is 5.92 Å². The molecular formula is C8H17NO3. The molecule has 0 aromatic heterocycles. The number of aliphatic hydroxyl groups excluding tert-OH is 2. The first-order chi connectivity index (χ1) is 5.75. The maximum absolute atomic E-state index is 9.58. The molecule has 72 valence electrons. The van der Waals surface area contributed by atoms with E-state index in [2.05, 4.69) is 0 Å². The SMILES string of the molecule is NC(CO)C(O)C1CCCOC1. The largest absolute Gasteiger partial charge is 0.395 e. The molecule has 1 aliphatic rings. The molecule has 0 aromatic rings. The van der Waals surface area contributed by atoms with Crippen LogP contribution in [-0.2, 0) is 4.74 Å². The highest BCUT2D eigenvalue weighted by Crippen LogP contribution is 2.18. The molecule has 0 saturated carbocycles. The normalized spacial score (nSPS) is 29.8. The Bertz CT molecular complexity index is 125. The quantitative estimate of drug-likeness (QED) is 0.519. The van der Waals surface area contributed by atoms with Crippen LogP contribution in [0.5, 0.6) is 0 Å². The molecule has 1 saturated heterocycles. The maximum Gasteiger partial charge on any atom is 0.0763 e. The van der Waals surface area contributed by atoms with Crippen LogP contribution in [0.1, 0.15) is 12.8 Å². The molecule has 0 aliphatic carbocycles. The first-order valence-electron chi connectivity index (χ1n) is 4.38. The average molecular weight is 175 g/mol. The van der Waals surface area contributed by atoms with Crippen molar-refractivity contribution in [1.29, 1.82) is 0 Å². The number of rotatable bonds is 3. The van der Waals surface area contributed by atoms with Gasteiger partial charge in [0, 0.05) is 12.5 Å². The highest BCUT2D eigenvalue weighted by atomic mass is 16.5. The van der Waals surface area contributed by atoms with E-state index in [0.717, 1.165) is 19.4 Å². The molecule has 12 heavy (non-hydrogen) atoms. The van der Waals surface area contributed by atoms with E-state index in [4.69, 9.17) is 15.6 Å². The van der Waals surface area contributed by atoms with Gasteiger partial charge in [-0.15, -0.1) is 0 Å². The van der Waals surface area contributed by atoms with E-state index in [9.17, 15) is 5.11 Å². The van der Waals surface area contributed by atoms with Crippen molar-refractivity contribution in [2.45, 2.75) is 25.0 Å². The molecule has 0 radical (unpaired) electrons. The second-order valence-electron chi connectivity index (χ2n) is 3.31. The minimum atomic E-state index is -0.629. The van der Waals surface area contributed by atoms with Gasteiger partial charge in [0.15, 0.2) is 0 Å². The third kappa shape index (κ3) is 2.42. The Labute approximate surface area is 72.3 Å². The van der Waals surface area contributed by atoms with Gasteiger partial charge in [0.1, 0.15) is 0 Å². The van der Waals surface area contributed by atoms with Gasteiger partial charge in [-0.1, -0.05) is 0 Å². The summed E-state index contributed by atoms with van der Waals surface area (Å²) in [6, 6.07) is -0.531. The minimum Gasteiger partial charge on any atom is -0.395 e. The minimum absolute atomic E-state index is 0.0981. The molecule has 3 unspecified atom stereocenters. The van der Waals surface area contributed by atoms with Gasteiger partial charge < -0.3 is 20.7 Å². The summed E-state index contributed by atoms with van der Waals surface area (Å²) < 4.78 is 5.20. The lowest BCUT2D eigenvalue weighted by atomic mass is 9.92. The van der Waals surface area contributed by atoms with Crippen molar-refractivity contribution in [3.05, 3.63) is 0 Å². The Balaban J connectivity index is 2.33. The lowest BCUT2D eigenvalue weighted by Crippen LogP contribution is -2.45. The Morgan fingerprint density at radius 1 is 1.58 bits per heavy atom. The van der Waals surface area contributed by atoms with Gasteiger partial charge in [0.2, 0.25) is 0 Å². The standard InChI is InChI=1S/C8H17NO3/c9-7(4-10)8(11)6-2-1-3-12-5-6/h6-8,10-11H,1-5,9H2. The van der Waals surface area contributed by atoms with Crippen LogP contribution in [0.3, 0.4) is 0 Å². The fourth-order valence-corrected chi connectivity index (χ4v) is 1.49. The van der Waals surface area contributed by atoms with Crippen LogP contribution >= 0.6 is 0 Å². The van der Waals surface area contributed by atoms with Crippen LogP contribution in [0.4, 0.5) is 0 Å². The molecule has 4 nitrogen and oxygen atoms in total. The van der Waals surface area contributed by atoms with Gasteiger partial charge >= 0.3 is 0 Å². The molecule has 0 aromatic carbocycles. The van der Waals surface area contributed by atoms with Gasteiger partial charge in [-0.25, -0.2) is 0 Å². The molecule has 4 N–H and O–H groups in total. The van der Waals surface area contributed by atoms with Gasteiger partial charge in [-0.3, -0.25) is 0 Å². The van der Waals surface area contributed by atoms with E-state index in [1.165, 1.54) is 0 Å². The highest BCUT2D eigenvalue weighted by molar-refractivity contribution is 4.79. The van der Waals surface area contributed by atoms with Crippen molar-refractivity contribution < 1.29 is 14.9 Å². The summed E-state index contributed by atoms with van der Waals surface area (Å²) in [6.07, 6.45) is 1.28. The van der Waals surface area contributed by atoms with Gasteiger partial charge in [0.05, 0.1) is 25.4 Å². The fraction of sp³-hybridized carbons (Fsp3) is 1.00. The monoisotopic (exact) mass is 175 g/mol. The summed E-state index contributed by atoms with van der Waals surface area (Å²) in [5.41, 5.74) is 5.49. The van der Waals surface area contributed by atoms with E-state index < -0.39 is 12.1 Å². The number of hydrogen-bond acceptors (Lipinski definition) is 4. The second kappa shape index (κ2) is 4.77. The Hall–Kier alpha value is -0.160. The molecule has 0 spiro atoms. The third-order valence-corrected chi connectivity index (χ3v) is 2.33. The summed E-state index contributed by atoms with van der Waals surface area (Å²) in [6.45, 7) is 1.17. The average Bonchev–Trinajstić information content (AvgIpc) is 2.17. The molecule has 1 fully saturated rings. The number of hydrogen-bond donors (Lipinski definition) is 3. The molecule has 0 amide bonds. The first-order valence-corrected chi connectivity index (χ1v) is 4.38. The summed E-state index contributed by atoms with van der Waals surface area (Å²) >= 11 is 0. The van der Waals surface area contributed by atoms with Crippen molar-refractivity contribution in [3.63, 3.8) is 0 Å². The van der Waals surface area contributed by atoms with E-state index in [0.29, 0.717) is 6.61 Å². The smallest absolute Gasteiger partial charge is 0.0763 e. The Morgan fingerprint density at radius 3 is 2.83 bits per heavy atom. The molecule has 3 atom stereocenters. The van der Waals surface area contributed by atoms with Crippen LogP contribution in [-0.4, -0.2) is 42.2 Å². The third-order valence-electron chi connectivity index (χ3n) is 2.33. The summed E-state index contributed by atoms with van der Waals surface area (Å²) in [5.74, 6) is 0.0981. The number of aliphatic hydroxyl groups is 2. The van der Waals surface area contributed by atoms with Crippen LogP contribution in [0.25, 0.3) is 0 Å². The zero-order chi connectivity index (χ0) is 8.97. The van der Waals surface area contributed by atoms with Gasteiger partial charge in [-0.2, -0.15) is 0 Å². The summed E-state index contributed by atoms with van der Waals surface area (Å²) in [5, 5.41) is 18.3. The lowest BCUT2D eigenvalue weighted by Gasteiger charge is -2.29. The van der Waals surface area contributed by atoms with Crippen LogP contribution < -0.4 is 5.73 Å². The number of nitrogens with two attached hydrogens (primary N) is 1. The summed E-state index contributed by atoms with van der Waals surface area (Å²) in [7, 11) is 0. The molecule has 1 rings (SSSR count). The van der Waals surface area contributed by atoms with Crippen LogP contribution in [0.2, 0.25) is 0 Å². The Kier molecular flexibility index (Phi) is 3.94. The zero-order valence-electron chi connectivity index (χ0n) is 7.15. The molecule has 0 bridgehead atoms. The van der Waals surface area contributed by atoms with E-state index in [1.54, 1.807) is 0 Å². The second-order valence-corrected chi connectivity index (χ2v) is 3.31. The number of ether oxygens (including phenoxy) is 1. The predicted molar refractivity (Wildman–Crippen MR) is 44.6 cm³/mol.